The number of hydrogen-bond acceptors (Lipinski definition) is 3. The molecule has 3 rings (SSSR count). The Hall–Kier alpha value is -2.50. The maximum atomic E-state index is 13.8. The van der Waals surface area contributed by atoms with Gasteiger partial charge in [-0.25, -0.2) is 9.37 Å². The molecule has 1 aromatic carbocycles. The molecule has 0 spiro atoms. The van der Waals surface area contributed by atoms with Crippen LogP contribution in [0.25, 0.3) is 0 Å². The van der Waals surface area contributed by atoms with Gasteiger partial charge < -0.3 is 9.88 Å². The first-order chi connectivity index (χ1) is 13.1. The zero-order chi connectivity index (χ0) is 19.2. The van der Waals surface area contributed by atoms with Crippen LogP contribution >= 0.6 is 0 Å². The molecule has 1 amide bonds. The summed E-state index contributed by atoms with van der Waals surface area (Å²) in [6.45, 7) is 3.03. The second-order valence-corrected chi connectivity index (χ2v) is 7.08. The van der Waals surface area contributed by atoms with Crippen LogP contribution in [-0.2, 0) is 24.2 Å². The molecule has 1 N–H and O–H groups in total. The number of aromatic nitrogens is 2. The Kier molecular flexibility index (Phi) is 6.37. The number of halogens is 1. The minimum Gasteiger partial charge on any atom is -0.338 e. The molecule has 0 fully saturated rings. The zero-order valence-corrected chi connectivity index (χ0v) is 15.8. The predicted octanol–water partition coefficient (Wildman–Crippen LogP) is 3.35. The third kappa shape index (κ3) is 4.81. The van der Waals surface area contributed by atoms with Crippen molar-refractivity contribution in [3.63, 3.8) is 0 Å². The lowest BCUT2D eigenvalue weighted by atomic mass is 10.0. The van der Waals surface area contributed by atoms with Crippen molar-refractivity contribution in [2.24, 2.45) is 0 Å². The van der Waals surface area contributed by atoms with E-state index < -0.39 is 0 Å². The molecule has 5 nitrogen and oxygen atoms in total. The summed E-state index contributed by atoms with van der Waals surface area (Å²) in [5.74, 6) is 0.257. The van der Waals surface area contributed by atoms with Gasteiger partial charge in [0, 0.05) is 25.8 Å². The second-order valence-electron chi connectivity index (χ2n) is 7.08. The van der Waals surface area contributed by atoms with Gasteiger partial charge in [0.1, 0.15) is 11.6 Å². The summed E-state index contributed by atoms with van der Waals surface area (Å²) in [5.41, 5.74) is 1.55. The summed E-state index contributed by atoms with van der Waals surface area (Å²) >= 11 is 0. The first-order valence-electron chi connectivity index (χ1n) is 9.70. The van der Waals surface area contributed by atoms with Crippen LogP contribution in [0.4, 0.5) is 4.39 Å². The normalized spacial score (nSPS) is 13.5. The summed E-state index contributed by atoms with van der Waals surface area (Å²) in [7, 11) is 0. The highest BCUT2D eigenvalue weighted by Crippen LogP contribution is 2.17. The van der Waals surface area contributed by atoms with Crippen LogP contribution < -0.4 is 5.56 Å². The van der Waals surface area contributed by atoms with Crippen molar-refractivity contribution in [2.45, 2.75) is 58.4 Å². The van der Waals surface area contributed by atoms with Crippen LogP contribution in [0.2, 0.25) is 0 Å². The van der Waals surface area contributed by atoms with E-state index in [9.17, 15) is 14.0 Å². The number of nitrogens with zero attached hydrogens (tertiary/aromatic N) is 2. The van der Waals surface area contributed by atoms with Crippen LogP contribution in [0.3, 0.4) is 0 Å². The van der Waals surface area contributed by atoms with Crippen molar-refractivity contribution in [1.29, 1.82) is 0 Å². The van der Waals surface area contributed by atoms with Gasteiger partial charge in [-0.05, 0) is 18.1 Å². The van der Waals surface area contributed by atoms with Gasteiger partial charge in [0.25, 0.3) is 5.56 Å². The minimum absolute atomic E-state index is 0.103. The average molecular weight is 371 g/mol. The Labute approximate surface area is 158 Å². The molecule has 0 saturated heterocycles. The second kappa shape index (κ2) is 8.93. The lowest BCUT2D eigenvalue weighted by molar-refractivity contribution is -0.132. The van der Waals surface area contributed by atoms with E-state index in [0.29, 0.717) is 42.9 Å². The fourth-order valence-electron chi connectivity index (χ4n) is 3.46. The Morgan fingerprint density at radius 3 is 2.85 bits per heavy atom. The highest BCUT2D eigenvalue weighted by atomic mass is 19.1. The zero-order valence-electron chi connectivity index (χ0n) is 15.8. The summed E-state index contributed by atoms with van der Waals surface area (Å²) in [6.07, 6.45) is 5.58. The van der Waals surface area contributed by atoms with E-state index in [1.807, 2.05) is 0 Å². The van der Waals surface area contributed by atoms with Gasteiger partial charge >= 0.3 is 0 Å². The molecule has 0 aliphatic carbocycles. The third-order valence-corrected chi connectivity index (χ3v) is 5.03. The Bertz CT molecular complexity index is 863. The molecule has 27 heavy (non-hydrogen) atoms. The molecule has 1 aliphatic rings. The molecule has 0 radical (unpaired) electrons. The van der Waals surface area contributed by atoms with Crippen LogP contribution in [0.15, 0.2) is 29.1 Å². The number of H-pyrrole nitrogens is 1. The van der Waals surface area contributed by atoms with Gasteiger partial charge in [-0.1, -0.05) is 44.4 Å². The number of hydrogen-bond donors (Lipinski definition) is 1. The molecule has 0 unspecified atom stereocenters. The fourth-order valence-corrected chi connectivity index (χ4v) is 3.46. The molecule has 0 saturated carbocycles. The average Bonchev–Trinajstić information content (AvgIpc) is 2.67. The summed E-state index contributed by atoms with van der Waals surface area (Å²) in [5, 5.41) is 0. The van der Waals surface area contributed by atoms with Crippen LogP contribution in [-0.4, -0.2) is 27.3 Å². The van der Waals surface area contributed by atoms with E-state index in [1.54, 1.807) is 23.1 Å². The SMILES string of the molecule is CCCCCCC(=O)N1CCc2nc(Cc3ccccc3F)[nH]c(=O)c2C1. The third-order valence-electron chi connectivity index (χ3n) is 5.03. The van der Waals surface area contributed by atoms with Crippen molar-refractivity contribution in [3.8, 4) is 0 Å². The van der Waals surface area contributed by atoms with Crippen molar-refractivity contribution in [1.82, 2.24) is 14.9 Å². The molecule has 1 aliphatic heterocycles. The number of rotatable bonds is 7. The lowest BCUT2D eigenvalue weighted by Crippen LogP contribution is -2.39. The molecule has 6 heteroatoms. The van der Waals surface area contributed by atoms with E-state index in [0.717, 1.165) is 31.4 Å². The Balaban J connectivity index is 1.68. The van der Waals surface area contributed by atoms with Crippen molar-refractivity contribution >= 4 is 5.91 Å². The van der Waals surface area contributed by atoms with Crippen molar-refractivity contribution in [3.05, 3.63) is 63.1 Å². The Morgan fingerprint density at radius 1 is 1.26 bits per heavy atom. The number of carbonyl (C=O) groups excluding carboxylic acids is 1. The quantitative estimate of drug-likeness (QED) is 0.759. The lowest BCUT2D eigenvalue weighted by Gasteiger charge is -2.28. The maximum Gasteiger partial charge on any atom is 0.256 e. The van der Waals surface area contributed by atoms with E-state index in [-0.39, 0.29) is 23.7 Å². The molecular formula is C21H26FN3O2. The smallest absolute Gasteiger partial charge is 0.256 e. The number of carbonyl (C=O) groups is 1. The minimum atomic E-state index is -0.308. The number of benzene rings is 1. The summed E-state index contributed by atoms with van der Waals surface area (Å²) in [4.78, 5) is 33.9. The number of fused-ring (bicyclic) bond motifs is 1. The van der Waals surface area contributed by atoms with Crippen LogP contribution in [0.5, 0.6) is 0 Å². The van der Waals surface area contributed by atoms with Crippen molar-refractivity contribution < 1.29 is 9.18 Å². The number of unbranched alkanes of at least 4 members (excludes halogenated alkanes) is 3. The van der Waals surface area contributed by atoms with Crippen molar-refractivity contribution in [2.75, 3.05) is 6.54 Å². The summed E-state index contributed by atoms with van der Waals surface area (Å²) < 4.78 is 13.8. The summed E-state index contributed by atoms with van der Waals surface area (Å²) in [6, 6.07) is 6.48. The van der Waals surface area contributed by atoms with E-state index in [2.05, 4.69) is 16.9 Å². The van der Waals surface area contributed by atoms with Gasteiger partial charge in [0.15, 0.2) is 0 Å². The number of nitrogens with one attached hydrogen (secondary N) is 1. The molecule has 144 valence electrons. The van der Waals surface area contributed by atoms with E-state index in [1.165, 1.54) is 6.07 Å². The maximum absolute atomic E-state index is 13.8. The molecular weight excluding hydrogens is 345 g/mol. The first-order valence-corrected chi connectivity index (χ1v) is 9.70. The number of aromatic amines is 1. The van der Waals surface area contributed by atoms with Gasteiger partial charge in [0.2, 0.25) is 5.91 Å². The molecule has 1 aromatic heterocycles. The predicted molar refractivity (Wildman–Crippen MR) is 102 cm³/mol. The fraction of sp³-hybridized carbons (Fsp3) is 0.476. The van der Waals surface area contributed by atoms with E-state index in [4.69, 9.17) is 0 Å². The van der Waals surface area contributed by atoms with E-state index >= 15 is 0 Å². The molecule has 0 bridgehead atoms. The van der Waals surface area contributed by atoms with Gasteiger partial charge in [-0.3, -0.25) is 9.59 Å². The van der Waals surface area contributed by atoms with Crippen LogP contribution in [0.1, 0.15) is 61.7 Å². The molecule has 2 heterocycles. The molecule has 0 atom stereocenters. The first kappa shape index (κ1) is 19.3. The Morgan fingerprint density at radius 2 is 2.07 bits per heavy atom. The number of amides is 1. The van der Waals surface area contributed by atoms with Gasteiger partial charge in [-0.2, -0.15) is 0 Å². The standard InChI is InChI=1S/C21H26FN3O2/c1-2-3-4-5-10-20(26)25-12-11-18-16(14-25)21(27)24-19(23-18)13-15-8-6-7-9-17(15)22/h6-9H,2-5,10-14H2,1H3,(H,23,24,27). The monoisotopic (exact) mass is 371 g/mol. The van der Waals surface area contributed by atoms with Gasteiger partial charge in [-0.15, -0.1) is 0 Å². The molecule has 2 aromatic rings. The van der Waals surface area contributed by atoms with Crippen LogP contribution in [0, 0.1) is 5.82 Å². The van der Waals surface area contributed by atoms with Gasteiger partial charge in [0.05, 0.1) is 17.8 Å². The highest BCUT2D eigenvalue weighted by molar-refractivity contribution is 5.76. The largest absolute Gasteiger partial charge is 0.338 e. The topological polar surface area (TPSA) is 66.1 Å². The highest BCUT2D eigenvalue weighted by Gasteiger charge is 2.24.